The van der Waals surface area contributed by atoms with Crippen LogP contribution < -0.4 is 0 Å². The number of amides is 2. The largest absolute Gasteiger partial charge is 0.452 e. The number of carbonyl (C=O) groups is 3. The fourth-order valence-corrected chi connectivity index (χ4v) is 3.56. The Morgan fingerprint density at radius 1 is 1.26 bits per heavy atom. The normalized spacial score (nSPS) is 13.1. The molecule has 1 aromatic carbocycles. The fraction of sp³-hybridized carbons (Fsp3) is 0.474. The topological polar surface area (TPSA) is 90.7 Å². The van der Waals surface area contributed by atoms with Gasteiger partial charge in [-0.05, 0) is 25.0 Å². The van der Waals surface area contributed by atoms with E-state index in [1.165, 1.54) is 16.7 Å². The lowest BCUT2D eigenvalue weighted by atomic mass is 10.2. The van der Waals surface area contributed by atoms with Crippen molar-refractivity contribution in [1.82, 2.24) is 9.80 Å². The van der Waals surface area contributed by atoms with Gasteiger partial charge in [0.25, 0.3) is 5.91 Å². The van der Waals surface area contributed by atoms with Crippen LogP contribution in [0.4, 0.5) is 0 Å². The molecule has 0 atom stereocenters. The number of hydrogen-bond donors (Lipinski definition) is 0. The van der Waals surface area contributed by atoms with Gasteiger partial charge in [-0.2, -0.15) is 5.26 Å². The lowest BCUT2D eigenvalue weighted by molar-refractivity contribution is -0.133. The maximum Gasteiger partial charge on any atom is 0.339 e. The van der Waals surface area contributed by atoms with Crippen LogP contribution in [-0.4, -0.2) is 66.6 Å². The Kier molecular flexibility index (Phi) is 8.14. The van der Waals surface area contributed by atoms with E-state index in [0.717, 1.165) is 25.9 Å². The monoisotopic (exact) mass is 389 g/mol. The van der Waals surface area contributed by atoms with Crippen molar-refractivity contribution in [3.63, 3.8) is 0 Å². The molecule has 0 saturated carbocycles. The Morgan fingerprint density at radius 2 is 1.96 bits per heavy atom. The maximum absolute atomic E-state index is 12.4. The van der Waals surface area contributed by atoms with Gasteiger partial charge in [-0.15, -0.1) is 11.8 Å². The third-order valence-corrected chi connectivity index (χ3v) is 5.29. The second-order valence-electron chi connectivity index (χ2n) is 6.17. The highest BCUT2D eigenvalue weighted by atomic mass is 32.2. The summed E-state index contributed by atoms with van der Waals surface area (Å²) in [5, 5.41) is 8.55. The van der Waals surface area contributed by atoms with Gasteiger partial charge in [-0.25, -0.2) is 4.79 Å². The Bertz CT molecular complexity index is 726. The zero-order valence-electron chi connectivity index (χ0n) is 15.3. The second kappa shape index (κ2) is 10.6. The summed E-state index contributed by atoms with van der Waals surface area (Å²) < 4.78 is 5.12. The Morgan fingerprint density at radius 3 is 2.67 bits per heavy atom. The van der Waals surface area contributed by atoms with Crippen LogP contribution in [-0.2, 0) is 14.3 Å². The Hall–Kier alpha value is -2.53. The van der Waals surface area contributed by atoms with Gasteiger partial charge < -0.3 is 14.5 Å². The standard InChI is InChI=1S/C19H23N3O4S/c1-21(10-6-9-20)17(23)13-26-19(25)15-7-2-3-8-16(15)27-14-18(24)22-11-4-5-12-22/h2-3,7-8H,4-6,10-14H2,1H3. The van der Waals surface area contributed by atoms with Crippen LogP contribution in [0.5, 0.6) is 0 Å². The number of benzene rings is 1. The van der Waals surface area contributed by atoms with Crippen molar-refractivity contribution in [3.8, 4) is 6.07 Å². The zero-order chi connectivity index (χ0) is 19.6. The van der Waals surface area contributed by atoms with Crippen LogP contribution in [0.15, 0.2) is 29.2 Å². The summed E-state index contributed by atoms with van der Waals surface area (Å²) >= 11 is 1.30. The summed E-state index contributed by atoms with van der Waals surface area (Å²) in [5.74, 6) is -0.642. The van der Waals surface area contributed by atoms with E-state index in [1.807, 2.05) is 11.0 Å². The predicted octanol–water partition coefficient (Wildman–Crippen LogP) is 1.93. The molecule has 8 heteroatoms. The van der Waals surface area contributed by atoms with E-state index < -0.39 is 5.97 Å². The van der Waals surface area contributed by atoms with Crippen LogP contribution in [0.1, 0.15) is 29.6 Å². The van der Waals surface area contributed by atoms with E-state index >= 15 is 0 Å². The molecule has 144 valence electrons. The number of esters is 1. The molecular weight excluding hydrogens is 366 g/mol. The van der Waals surface area contributed by atoms with E-state index in [0.29, 0.717) is 10.5 Å². The van der Waals surface area contributed by atoms with E-state index in [4.69, 9.17) is 10.00 Å². The molecule has 0 bridgehead atoms. The average Bonchev–Trinajstić information content (AvgIpc) is 3.23. The van der Waals surface area contributed by atoms with Crippen molar-refractivity contribution >= 4 is 29.5 Å². The SMILES string of the molecule is CN(CCC#N)C(=O)COC(=O)c1ccccc1SCC(=O)N1CCCC1. The summed E-state index contributed by atoms with van der Waals surface area (Å²) in [4.78, 5) is 40.3. The van der Waals surface area contributed by atoms with Crippen LogP contribution in [0.3, 0.4) is 0 Å². The number of likely N-dealkylation sites (tertiary alicyclic amines) is 1. The molecule has 2 amide bonds. The highest BCUT2D eigenvalue weighted by Crippen LogP contribution is 2.24. The number of thioether (sulfide) groups is 1. The van der Waals surface area contributed by atoms with Crippen molar-refractivity contribution in [2.75, 3.05) is 39.0 Å². The van der Waals surface area contributed by atoms with E-state index in [-0.39, 0.29) is 37.1 Å². The quantitative estimate of drug-likeness (QED) is 0.498. The van der Waals surface area contributed by atoms with E-state index in [2.05, 4.69) is 0 Å². The predicted molar refractivity (Wildman–Crippen MR) is 101 cm³/mol. The van der Waals surface area contributed by atoms with Crippen molar-refractivity contribution in [2.24, 2.45) is 0 Å². The summed E-state index contributed by atoms with van der Waals surface area (Å²) in [6.07, 6.45) is 2.30. The number of likely N-dealkylation sites (N-methyl/N-ethyl adjacent to an activating group) is 1. The summed E-state index contributed by atoms with van der Waals surface area (Å²) in [6.45, 7) is 1.50. The smallest absolute Gasteiger partial charge is 0.339 e. The minimum Gasteiger partial charge on any atom is -0.452 e. The van der Waals surface area contributed by atoms with Crippen molar-refractivity contribution < 1.29 is 19.1 Å². The third-order valence-electron chi connectivity index (χ3n) is 4.23. The van der Waals surface area contributed by atoms with Gasteiger partial charge in [0, 0.05) is 31.6 Å². The molecule has 1 aromatic rings. The molecule has 1 aliphatic rings. The molecule has 2 rings (SSSR count). The molecule has 1 saturated heterocycles. The lowest BCUT2D eigenvalue weighted by Gasteiger charge is -2.16. The minimum absolute atomic E-state index is 0.0648. The van der Waals surface area contributed by atoms with Crippen LogP contribution in [0.25, 0.3) is 0 Å². The van der Waals surface area contributed by atoms with Crippen LogP contribution in [0.2, 0.25) is 0 Å². The molecule has 1 heterocycles. The summed E-state index contributed by atoms with van der Waals surface area (Å²) in [5.41, 5.74) is 0.337. The van der Waals surface area contributed by atoms with Gasteiger partial charge in [-0.1, -0.05) is 12.1 Å². The minimum atomic E-state index is -0.603. The van der Waals surface area contributed by atoms with Crippen LogP contribution >= 0.6 is 11.8 Å². The highest BCUT2D eigenvalue weighted by Gasteiger charge is 2.20. The second-order valence-corrected chi connectivity index (χ2v) is 7.19. The van der Waals surface area contributed by atoms with E-state index in [9.17, 15) is 14.4 Å². The summed E-state index contributed by atoms with van der Waals surface area (Å²) in [7, 11) is 1.56. The Balaban J connectivity index is 1.89. The first-order valence-electron chi connectivity index (χ1n) is 8.80. The lowest BCUT2D eigenvalue weighted by Crippen LogP contribution is -2.32. The molecule has 1 fully saturated rings. The maximum atomic E-state index is 12.4. The van der Waals surface area contributed by atoms with Crippen LogP contribution in [0, 0.1) is 11.3 Å². The van der Waals surface area contributed by atoms with Gasteiger partial charge in [-0.3, -0.25) is 9.59 Å². The van der Waals surface area contributed by atoms with E-state index in [1.54, 1.807) is 31.3 Å². The van der Waals surface area contributed by atoms with Crippen molar-refractivity contribution in [2.45, 2.75) is 24.2 Å². The molecule has 0 unspecified atom stereocenters. The fourth-order valence-electron chi connectivity index (χ4n) is 2.62. The molecule has 0 aromatic heterocycles. The first kappa shape index (κ1) is 20.8. The third kappa shape index (κ3) is 6.29. The Labute approximate surface area is 163 Å². The van der Waals surface area contributed by atoms with Gasteiger partial charge in [0.15, 0.2) is 6.61 Å². The van der Waals surface area contributed by atoms with Crippen molar-refractivity contribution in [1.29, 1.82) is 5.26 Å². The van der Waals surface area contributed by atoms with Gasteiger partial charge in [0.1, 0.15) is 0 Å². The number of nitrogens with zero attached hydrogens (tertiary/aromatic N) is 3. The van der Waals surface area contributed by atoms with Crippen molar-refractivity contribution in [3.05, 3.63) is 29.8 Å². The number of rotatable bonds is 8. The molecule has 0 radical (unpaired) electrons. The van der Waals surface area contributed by atoms with Gasteiger partial charge >= 0.3 is 5.97 Å². The molecule has 0 aliphatic carbocycles. The first-order valence-corrected chi connectivity index (χ1v) is 9.79. The molecule has 27 heavy (non-hydrogen) atoms. The van der Waals surface area contributed by atoms with Gasteiger partial charge in [0.2, 0.25) is 5.91 Å². The number of nitriles is 1. The molecule has 0 N–H and O–H groups in total. The number of ether oxygens (including phenoxy) is 1. The first-order chi connectivity index (χ1) is 13.0. The van der Waals surface area contributed by atoms with Gasteiger partial charge in [0.05, 0.1) is 23.8 Å². The summed E-state index contributed by atoms with van der Waals surface area (Å²) in [6, 6.07) is 8.85. The number of hydrogen-bond acceptors (Lipinski definition) is 6. The average molecular weight is 389 g/mol. The molecule has 7 nitrogen and oxygen atoms in total. The highest BCUT2D eigenvalue weighted by molar-refractivity contribution is 8.00. The zero-order valence-corrected chi connectivity index (χ0v) is 16.2. The molecule has 1 aliphatic heterocycles. The molecule has 0 spiro atoms. The molecular formula is C19H23N3O4S. The number of carbonyl (C=O) groups excluding carboxylic acids is 3.